The minimum Gasteiger partial charge on any atom is -0.352 e. The average molecular weight is 343 g/mol. The third-order valence-corrected chi connectivity index (χ3v) is 4.07. The van der Waals surface area contributed by atoms with Crippen LogP contribution in [0, 0.1) is 5.82 Å². The van der Waals surface area contributed by atoms with Crippen molar-refractivity contribution >= 4 is 23.3 Å². The van der Waals surface area contributed by atoms with E-state index in [2.05, 4.69) is 27.2 Å². The molecule has 6 nitrogen and oxygen atoms in total. The molecule has 24 heavy (non-hydrogen) atoms. The van der Waals surface area contributed by atoms with Gasteiger partial charge >= 0.3 is 0 Å². The number of nitrogens with zero attached hydrogens (tertiary/aromatic N) is 4. The highest BCUT2D eigenvalue weighted by atomic mass is 32.2. The van der Waals surface area contributed by atoms with E-state index in [9.17, 15) is 9.18 Å². The van der Waals surface area contributed by atoms with Crippen LogP contribution in [0.1, 0.15) is 0 Å². The minimum atomic E-state index is -0.300. The summed E-state index contributed by atoms with van der Waals surface area (Å²) in [5.74, 6) is -0.214. The predicted octanol–water partition coefficient (Wildman–Crippen LogP) is 2.32. The topological polar surface area (TPSA) is 72.2 Å². The number of amides is 1. The van der Waals surface area contributed by atoms with Gasteiger partial charge in [-0.3, -0.25) is 4.79 Å². The zero-order valence-electron chi connectivity index (χ0n) is 12.6. The van der Waals surface area contributed by atoms with Crippen LogP contribution in [0.5, 0.6) is 0 Å². The predicted molar refractivity (Wildman–Crippen MR) is 90.1 cm³/mol. The molecule has 0 atom stereocenters. The maximum absolute atomic E-state index is 13.0. The van der Waals surface area contributed by atoms with Crippen LogP contribution < -0.4 is 5.32 Å². The Morgan fingerprint density at radius 2 is 2.04 bits per heavy atom. The van der Waals surface area contributed by atoms with Crippen LogP contribution in [0.15, 0.2) is 54.2 Å². The molecule has 3 aromatic rings. The molecule has 0 radical (unpaired) electrons. The maximum Gasteiger partial charge on any atom is 0.230 e. The zero-order valence-corrected chi connectivity index (χ0v) is 13.5. The Balaban J connectivity index is 1.82. The Labute approximate surface area is 141 Å². The number of rotatable bonds is 6. The number of hydrogen-bond donors (Lipinski definition) is 1. The Kier molecular flexibility index (Phi) is 4.85. The fraction of sp³-hybridized carbons (Fsp3) is 0.125. The standard InChI is InChI=1S/C16H14FN5OS/c1-2-9-18-15(23)10-24-16-20-19-14-8-7-13(21-22(14)16)11-3-5-12(17)6-4-11/h2-8H,1,9-10H2,(H,18,23). The molecule has 0 spiro atoms. The summed E-state index contributed by atoms with van der Waals surface area (Å²) in [6, 6.07) is 9.65. The van der Waals surface area contributed by atoms with Crippen molar-refractivity contribution in [1.29, 1.82) is 0 Å². The summed E-state index contributed by atoms with van der Waals surface area (Å²) in [5, 5.41) is 15.8. The molecule has 0 saturated carbocycles. The quantitative estimate of drug-likeness (QED) is 0.549. The van der Waals surface area contributed by atoms with Gasteiger partial charge in [0.2, 0.25) is 11.1 Å². The molecule has 0 aliphatic carbocycles. The van der Waals surface area contributed by atoms with Gasteiger partial charge in [0.15, 0.2) is 5.65 Å². The second kappa shape index (κ2) is 7.22. The van der Waals surface area contributed by atoms with Crippen molar-refractivity contribution < 1.29 is 9.18 Å². The molecule has 0 bridgehead atoms. The van der Waals surface area contributed by atoms with Gasteiger partial charge in [0.25, 0.3) is 0 Å². The summed E-state index contributed by atoms with van der Waals surface area (Å²) < 4.78 is 14.6. The molecule has 2 aromatic heterocycles. The fourth-order valence-electron chi connectivity index (χ4n) is 2.00. The highest BCUT2D eigenvalue weighted by molar-refractivity contribution is 7.99. The first-order valence-electron chi connectivity index (χ1n) is 7.16. The zero-order chi connectivity index (χ0) is 16.9. The first kappa shape index (κ1) is 16.1. The molecular weight excluding hydrogens is 329 g/mol. The lowest BCUT2D eigenvalue weighted by Crippen LogP contribution is -2.25. The van der Waals surface area contributed by atoms with Crippen molar-refractivity contribution in [2.75, 3.05) is 12.3 Å². The molecule has 0 fully saturated rings. The van der Waals surface area contributed by atoms with Gasteiger partial charge in [0.1, 0.15) is 5.82 Å². The first-order chi connectivity index (χ1) is 11.7. The Bertz CT molecular complexity index is 878. The summed E-state index contributed by atoms with van der Waals surface area (Å²) in [6.07, 6.45) is 1.62. The van der Waals surface area contributed by atoms with Crippen LogP contribution in [0.25, 0.3) is 16.9 Å². The summed E-state index contributed by atoms with van der Waals surface area (Å²) in [7, 11) is 0. The number of thioether (sulfide) groups is 1. The molecule has 0 saturated heterocycles. The summed E-state index contributed by atoms with van der Waals surface area (Å²) in [6.45, 7) is 3.97. The molecule has 1 aromatic carbocycles. The molecule has 122 valence electrons. The van der Waals surface area contributed by atoms with Gasteiger partial charge in [-0.15, -0.1) is 16.8 Å². The first-order valence-corrected chi connectivity index (χ1v) is 8.15. The number of benzene rings is 1. The van der Waals surface area contributed by atoms with Crippen molar-refractivity contribution in [1.82, 2.24) is 25.1 Å². The van der Waals surface area contributed by atoms with Gasteiger partial charge < -0.3 is 5.32 Å². The van der Waals surface area contributed by atoms with E-state index >= 15 is 0 Å². The van der Waals surface area contributed by atoms with E-state index in [-0.39, 0.29) is 17.5 Å². The van der Waals surface area contributed by atoms with Gasteiger partial charge in [0, 0.05) is 12.1 Å². The second-order valence-corrected chi connectivity index (χ2v) is 5.80. The third kappa shape index (κ3) is 3.60. The SMILES string of the molecule is C=CCNC(=O)CSc1nnc2ccc(-c3ccc(F)cc3)nn12. The number of nitrogens with one attached hydrogen (secondary N) is 1. The normalized spacial score (nSPS) is 10.7. The van der Waals surface area contributed by atoms with Crippen LogP contribution in [-0.2, 0) is 4.79 Å². The number of halogens is 1. The fourth-order valence-corrected chi connectivity index (χ4v) is 2.72. The van der Waals surface area contributed by atoms with E-state index in [0.29, 0.717) is 23.0 Å². The highest BCUT2D eigenvalue weighted by Crippen LogP contribution is 2.20. The summed E-state index contributed by atoms with van der Waals surface area (Å²) >= 11 is 1.24. The van der Waals surface area contributed by atoms with Crippen LogP contribution in [0.3, 0.4) is 0 Å². The average Bonchev–Trinajstić information content (AvgIpc) is 3.01. The van der Waals surface area contributed by atoms with Crippen molar-refractivity contribution in [2.24, 2.45) is 0 Å². The van der Waals surface area contributed by atoms with E-state index in [0.717, 1.165) is 5.56 Å². The largest absolute Gasteiger partial charge is 0.352 e. The van der Waals surface area contributed by atoms with Gasteiger partial charge in [0.05, 0.1) is 11.4 Å². The highest BCUT2D eigenvalue weighted by Gasteiger charge is 2.11. The lowest BCUT2D eigenvalue weighted by atomic mass is 10.1. The van der Waals surface area contributed by atoms with E-state index in [1.165, 1.54) is 23.9 Å². The van der Waals surface area contributed by atoms with Gasteiger partial charge in [-0.2, -0.15) is 9.61 Å². The molecule has 0 aliphatic heterocycles. The monoisotopic (exact) mass is 343 g/mol. The molecule has 0 unspecified atom stereocenters. The smallest absolute Gasteiger partial charge is 0.230 e. The van der Waals surface area contributed by atoms with Crippen LogP contribution in [-0.4, -0.2) is 38.0 Å². The van der Waals surface area contributed by atoms with Crippen LogP contribution >= 0.6 is 11.8 Å². The maximum atomic E-state index is 13.0. The lowest BCUT2D eigenvalue weighted by Gasteiger charge is -2.03. The second-order valence-electron chi connectivity index (χ2n) is 4.86. The number of aromatic nitrogens is 4. The number of carbonyl (C=O) groups is 1. The van der Waals surface area contributed by atoms with Crippen LogP contribution in [0.4, 0.5) is 4.39 Å². The van der Waals surface area contributed by atoms with Gasteiger partial charge in [-0.05, 0) is 36.4 Å². The molecule has 3 rings (SSSR count). The molecule has 8 heteroatoms. The van der Waals surface area contributed by atoms with Gasteiger partial charge in [-0.1, -0.05) is 17.8 Å². The molecule has 2 heterocycles. The van der Waals surface area contributed by atoms with Gasteiger partial charge in [-0.25, -0.2) is 4.39 Å². The third-order valence-electron chi connectivity index (χ3n) is 3.15. The molecule has 1 amide bonds. The van der Waals surface area contributed by atoms with Crippen molar-refractivity contribution in [3.63, 3.8) is 0 Å². The van der Waals surface area contributed by atoms with Crippen LogP contribution in [0.2, 0.25) is 0 Å². The van der Waals surface area contributed by atoms with E-state index in [4.69, 9.17) is 0 Å². The van der Waals surface area contributed by atoms with Crippen molar-refractivity contribution in [3.8, 4) is 11.3 Å². The molecule has 1 N–H and O–H groups in total. The summed E-state index contributed by atoms with van der Waals surface area (Å²) in [5.41, 5.74) is 2.03. The van der Waals surface area contributed by atoms with E-state index in [1.807, 2.05) is 0 Å². The number of carbonyl (C=O) groups excluding carboxylic acids is 1. The van der Waals surface area contributed by atoms with Crippen molar-refractivity contribution in [2.45, 2.75) is 5.16 Å². The lowest BCUT2D eigenvalue weighted by molar-refractivity contribution is -0.118. The summed E-state index contributed by atoms with van der Waals surface area (Å²) in [4.78, 5) is 11.7. The molecule has 0 aliphatic rings. The van der Waals surface area contributed by atoms with E-state index < -0.39 is 0 Å². The number of hydrogen-bond acceptors (Lipinski definition) is 5. The molecular formula is C16H14FN5OS. The number of fused-ring (bicyclic) bond motifs is 1. The van der Waals surface area contributed by atoms with E-state index in [1.54, 1.807) is 34.9 Å². The Morgan fingerprint density at radius 3 is 2.79 bits per heavy atom. The van der Waals surface area contributed by atoms with Crippen molar-refractivity contribution in [3.05, 3.63) is 54.9 Å². The Morgan fingerprint density at radius 1 is 1.25 bits per heavy atom. The minimum absolute atomic E-state index is 0.119. The Hall–Kier alpha value is -2.74.